The summed E-state index contributed by atoms with van der Waals surface area (Å²) in [6.07, 6.45) is 1.01. The lowest BCUT2D eigenvalue weighted by Crippen LogP contribution is -2.24. The summed E-state index contributed by atoms with van der Waals surface area (Å²) in [6, 6.07) is 0. The number of hydrogen-bond acceptors (Lipinski definition) is 3. The molecule has 0 aliphatic carbocycles. The van der Waals surface area contributed by atoms with Gasteiger partial charge in [0.25, 0.3) is 0 Å². The lowest BCUT2D eigenvalue weighted by Gasteiger charge is -2.18. The van der Waals surface area contributed by atoms with Crippen LogP contribution in [0.25, 0.3) is 0 Å². The third kappa shape index (κ3) is 8.72. The van der Waals surface area contributed by atoms with Crippen LogP contribution in [0, 0.1) is 10.8 Å². The first-order valence-corrected chi connectivity index (χ1v) is 5.88. The smallest absolute Gasteiger partial charge is 0.311 e. The Morgan fingerprint density at radius 2 is 1.50 bits per heavy atom. The first-order valence-electron chi connectivity index (χ1n) is 5.88. The van der Waals surface area contributed by atoms with E-state index in [1.165, 1.54) is 0 Å². The highest BCUT2D eigenvalue weighted by Crippen LogP contribution is 2.18. The second-order valence-electron chi connectivity index (χ2n) is 6.31. The summed E-state index contributed by atoms with van der Waals surface area (Å²) in [5, 5.41) is 0. The topological polar surface area (TPSA) is 35.5 Å². The minimum atomic E-state index is -0.425. The molecule has 0 heterocycles. The quantitative estimate of drug-likeness (QED) is 0.538. The van der Waals surface area contributed by atoms with E-state index in [0.717, 1.165) is 13.0 Å². The molecule has 0 aromatic heterocycles. The second-order valence-corrected chi connectivity index (χ2v) is 6.31. The molecule has 0 fully saturated rings. The van der Waals surface area contributed by atoms with Gasteiger partial charge in [-0.05, 0) is 32.6 Å². The summed E-state index contributed by atoms with van der Waals surface area (Å²) in [5.41, 5.74) is -0.131. The van der Waals surface area contributed by atoms with Crippen LogP contribution in [-0.2, 0) is 14.3 Å². The molecule has 0 aliphatic rings. The average Bonchev–Trinajstić information content (AvgIpc) is 2.07. The van der Waals surface area contributed by atoms with E-state index < -0.39 is 5.41 Å². The number of carbonyl (C=O) groups excluding carboxylic acids is 1. The predicted molar refractivity (Wildman–Crippen MR) is 65.3 cm³/mol. The maximum absolute atomic E-state index is 11.4. The van der Waals surface area contributed by atoms with Gasteiger partial charge in [0, 0.05) is 6.61 Å². The Bertz CT molecular complexity index is 208. The van der Waals surface area contributed by atoms with Gasteiger partial charge >= 0.3 is 5.97 Å². The van der Waals surface area contributed by atoms with Crippen molar-refractivity contribution in [3.63, 3.8) is 0 Å². The van der Waals surface area contributed by atoms with E-state index >= 15 is 0 Å². The van der Waals surface area contributed by atoms with Gasteiger partial charge in [0.05, 0.1) is 12.0 Å². The molecule has 16 heavy (non-hydrogen) atoms. The van der Waals surface area contributed by atoms with Gasteiger partial charge in [-0.2, -0.15) is 0 Å². The first kappa shape index (κ1) is 15.4. The Balaban J connectivity index is 3.45. The summed E-state index contributed by atoms with van der Waals surface area (Å²) in [5.74, 6) is -0.174. The van der Waals surface area contributed by atoms with Gasteiger partial charge in [0.2, 0.25) is 0 Å². The molecule has 3 heteroatoms. The molecular weight excluding hydrogens is 204 g/mol. The fourth-order valence-corrected chi connectivity index (χ4v) is 0.890. The molecule has 0 aliphatic heterocycles. The Morgan fingerprint density at radius 1 is 0.938 bits per heavy atom. The number of carbonyl (C=O) groups is 1. The zero-order valence-corrected chi connectivity index (χ0v) is 11.6. The van der Waals surface area contributed by atoms with Gasteiger partial charge in [-0.25, -0.2) is 0 Å². The minimum Gasteiger partial charge on any atom is -0.463 e. The van der Waals surface area contributed by atoms with Crippen LogP contribution < -0.4 is 0 Å². The van der Waals surface area contributed by atoms with Crippen LogP contribution in [-0.4, -0.2) is 25.8 Å². The molecule has 0 radical (unpaired) electrons. The Hall–Kier alpha value is -0.570. The average molecular weight is 230 g/mol. The molecule has 0 aromatic rings. The van der Waals surface area contributed by atoms with Crippen LogP contribution in [0.2, 0.25) is 0 Å². The van der Waals surface area contributed by atoms with Gasteiger partial charge in [0.15, 0.2) is 0 Å². The van der Waals surface area contributed by atoms with E-state index in [1.807, 2.05) is 20.8 Å². The SMILES string of the molecule is CC(C)(C)CCOCCOC(=O)C(C)(C)C. The highest BCUT2D eigenvalue weighted by molar-refractivity contribution is 5.75. The standard InChI is InChI=1S/C13H26O3/c1-12(2,3)7-8-15-9-10-16-11(14)13(4,5)6/h7-10H2,1-6H3. The van der Waals surface area contributed by atoms with Crippen molar-refractivity contribution in [1.82, 2.24) is 0 Å². The van der Waals surface area contributed by atoms with Crippen molar-refractivity contribution in [2.24, 2.45) is 10.8 Å². The van der Waals surface area contributed by atoms with Crippen LogP contribution >= 0.6 is 0 Å². The fourth-order valence-electron chi connectivity index (χ4n) is 0.890. The molecule has 0 saturated heterocycles. The normalized spacial score (nSPS) is 12.6. The highest BCUT2D eigenvalue weighted by Gasteiger charge is 2.22. The molecule has 0 rings (SSSR count). The maximum atomic E-state index is 11.4. The van der Waals surface area contributed by atoms with Crippen molar-refractivity contribution >= 4 is 5.97 Å². The van der Waals surface area contributed by atoms with Crippen molar-refractivity contribution in [2.45, 2.75) is 48.0 Å². The molecular formula is C13H26O3. The molecule has 0 atom stereocenters. The van der Waals surface area contributed by atoms with Crippen LogP contribution in [0.4, 0.5) is 0 Å². The van der Waals surface area contributed by atoms with Gasteiger partial charge in [-0.3, -0.25) is 4.79 Å². The molecule has 3 nitrogen and oxygen atoms in total. The lowest BCUT2D eigenvalue weighted by atomic mass is 9.93. The summed E-state index contributed by atoms with van der Waals surface area (Å²) in [4.78, 5) is 11.4. The van der Waals surface area contributed by atoms with Crippen LogP contribution in [0.15, 0.2) is 0 Å². The lowest BCUT2D eigenvalue weighted by molar-refractivity contribution is -0.154. The Morgan fingerprint density at radius 3 is 1.94 bits per heavy atom. The number of rotatable bonds is 5. The van der Waals surface area contributed by atoms with Crippen molar-refractivity contribution < 1.29 is 14.3 Å². The zero-order valence-electron chi connectivity index (χ0n) is 11.6. The van der Waals surface area contributed by atoms with E-state index in [-0.39, 0.29) is 5.97 Å². The Labute approximate surface area is 99.5 Å². The zero-order chi connectivity index (χ0) is 12.8. The third-order valence-corrected chi connectivity index (χ3v) is 2.07. The first-order chi connectivity index (χ1) is 7.13. The molecule has 0 saturated carbocycles. The number of ether oxygens (including phenoxy) is 2. The van der Waals surface area contributed by atoms with Gasteiger partial charge in [0.1, 0.15) is 6.61 Å². The second kappa shape index (κ2) is 6.24. The van der Waals surface area contributed by atoms with E-state index in [4.69, 9.17) is 9.47 Å². The van der Waals surface area contributed by atoms with Crippen molar-refractivity contribution in [3.8, 4) is 0 Å². The van der Waals surface area contributed by atoms with Gasteiger partial charge < -0.3 is 9.47 Å². The molecule has 96 valence electrons. The molecule has 0 bridgehead atoms. The summed E-state index contributed by atoms with van der Waals surface area (Å²) in [6.45, 7) is 13.6. The van der Waals surface area contributed by atoms with Crippen molar-refractivity contribution in [3.05, 3.63) is 0 Å². The number of esters is 1. The Kier molecular flexibility index (Phi) is 6.01. The van der Waals surface area contributed by atoms with Gasteiger partial charge in [-0.1, -0.05) is 20.8 Å². The van der Waals surface area contributed by atoms with E-state index in [9.17, 15) is 4.79 Å². The fraction of sp³-hybridized carbons (Fsp3) is 0.923. The van der Waals surface area contributed by atoms with Crippen LogP contribution in [0.1, 0.15) is 48.0 Å². The van der Waals surface area contributed by atoms with Gasteiger partial charge in [-0.15, -0.1) is 0 Å². The summed E-state index contributed by atoms with van der Waals surface area (Å²) >= 11 is 0. The monoisotopic (exact) mass is 230 g/mol. The molecule has 0 aromatic carbocycles. The van der Waals surface area contributed by atoms with Crippen molar-refractivity contribution in [2.75, 3.05) is 19.8 Å². The summed E-state index contributed by atoms with van der Waals surface area (Å²) < 4.78 is 10.5. The minimum absolute atomic E-state index is 0.174. The van der Waals surface area contributed by atoms with Crippen LogP contribution in [0.5, 0.6) is 0 Å². The molecule has 0 N–H and O–H groups in total. The molecule has 0 amide bonds. The maximum Gasteiger partial charge on any atom is 0.311 e. The highest BCUT2D eigenvalue weighted by atomic mass is 16.6. The summed E-state index contributed by atoms with van der Waals surface area (Å²) in [7, 11) is 0. The third-order valence-electron chi connectivity index (χ3n) is 2.07. The largest absolute Gasteiger partial charge is 0.463 e. The van der Waals surface area contributed by atoms with E-state index in [1.54, 1.807) is 0 Å². The molecule has 0 unspecified atom stereocenters. The van der Waals surface area contributed by atoms with Crippen molar-refractivity contribution in [1.29, 1.82) is 0 Å². The molecule has 0 spiro atoms. The number of hydrogen-bond donors (Lipinski definition) is 0. The van der Waals surface area contributed by atoms with E-state index in [2.05, 4.69) is 20.8 Å². The van der Waals surface area contributed by atoms with E-state index in [0.29, 0.717) is 18.6 Å². The predicted octanol–water partition coefficient (Wildman–Crippen LogP) is 3.03. The van der Waals surface area contributed by atoms with Crippen LogP contribution in [0.3, 0.4) is 0 Å².